The van der Waals surface area contributed by atoms with Crippen molar-refractivity contribution in [2.45, 2.75) is 0 Å². The number of para-hydroxylation sites is 1. The molecule has 0 aliphatic rings. The fourth-order valence-corrected chi connectivity index (χ4v) is 1.38. The lowest BCUT2D eigenvalue weighted by molar-refractivity contribution is -0.383. The van der Waals surface area contributed by atoms with E-state index in [4.69, 9.17) is 5.84 Å². The van der Waals surface area contributed by atoms with E-state index in [2.05, 4.69) is 10.4 Å². The van der Waals surface area contributed by atoms with Crippen molar-refractivity contribution in [3.63, 3.8) is 0 Å². The standard InChI is InChI=1S/C9H8N4O2/c10-12-9-5-8(13(14)15)6-3-1-2-4-7(6)11-9/h1-5H,10H2,(H,11,12). The Morgan fingerprint density at radius 3 is 2.80 bits per heavy atom. The maximum absolute atomic E-state index is 10.8. The van der Waals surface area contributed by atoms with Gasteiger partial charge >= 0.3 is 0 Å². The third-order valence-electron chi connectivity index (χ3n) is 2.04. The van der Waals surface area contributed by atoms with Crippen molar-refractivity contribution in [2.75, 3.05) is 5.43 Å². The minimum absolute atomic E-state index is 0.00597. The molecule has 1 aromatic heterocycles. The van der Waals surface area contributed by atoms with E-state index in [0.717, 1.165) is 0 Å². The molecule has 0 saturated carbocycles. The Hall–Kier alpha value is -2.21. The van der Waals surface area contributed by atoms with Crippen molar-refractivity contribution in [3.05, 3.63) is 40.4 Å². The van der Waals surface area contributed by atoms with Crippen molar-refractivity contribution in [3.8, 4) is 0 Å². The summed E-state index contributed by atoms with van der Waals surface area (Å²) in [6.07, 6.45) is 0. The van der Waals surface area contributed by atoms with Gasteiger partial charge in [-0.2, -0.15) is 0 Å². The van der Waals surface area contributed by atoms with E-state index >= 15 is 0 Å². The number of nitro groups is 1. The van der Waals surface area contributed by atoms with Crippen LogP contribution in [0, 0.1) is 10.1 Å². The minimum atomic E-state index is -0.454. The van der Waals surface area contributed by atoms with Crippen LogP contribution in [-0.2, 0) is 0 Å². The zero-order valence-corrected chi connectivity index (χ0v) is 7.68. The zero-order chi connectivity index (χ0) is 10.8. The number of nitrogens with zero attached hydrogens (tertiary/aromatic N) is 2. The van der Waals surface area contributed by atoms with Crippen LogP contribution in [0.2, 0.25) is 0 Å². The summed E-state index contributed by atoms with van der Waals surface area (Å²) < 4.78 is 0. The summed E-state index contributed by atoms with van der Waals surface area (Å²) in [6, 6.07) is 8.15. The van der Waals surface area contributed by atoms with Gasteiger partial charge in [0, 0.05) is 0 Å². The monoisotopic (exact) mass is 204 g/mol. The lowest BCUT2D eigenvalue weighted by atomic mass is 10.2. The van der Waals surface area contributed by atoms with Gasteiger partial charge in [-0.1, -0.05) is 12.1 Å². The second-order valence-corrected chi connectivity index (χ2v) is 2.95. The average Bonchev–Trinajstić information content (AvgIpc) is 2.27. The first-order valence-electron chi connectivity index (χ1n) is 4.23. The Kier molecular flexibility index (Phi) is 2.18. The number of rotatable bonds is 2. The Labute approximate surface area is 84.8 Å². The summed E-state index contributed by atoms with van der Waals surface area (Å²) in [4.78, 5) is 14.4. The number of hydrogen-bond donors (Lipinski definition) is 2. The van der Waals surface area contributed by atoms with Crippen LogP contribution in [0.3, 0.4) is 0 Å². The molecule has 3 N–H and O–H groups in total. The molecule has 2 aromatic rings. The maximum Gasteiger partial charge on any atom is 0.282 e. The molecule has 0 bridgehead atoms. The molecule has 0 aliphatic heterocycles. The van der Waals surface area contributed by atoms with Crippen LogP contribution in [0.5, 0.6) is 0 Å². The van der Waals surface area contributed by atoms with Crippen LogP contribution in [0.25, 0.3) is 10.9 Å². The molecule has 76 valence electrons. The lowest BCUT2D eigenvalue weighted by Gasteiger charge is -2.02. The first-order valence-corrected chi connectivity index (χ1v) is 4.23. The molecule has 0 aliphatic carbocycles. The molecule has 0 unspecified atom stereocenters. The van der Waals surface area contributed by atoms with Gasteiger partial charge in [0.05, 0.1) is 21.9 Å². The molecule has 0 radical (unpaired) electrons. The molecule has 0 amide bonds. The highest BCUT2D eigenvalue weighted by molar-refractivity contribution is 5.89. The molecular formula is C9H8N4O2. The van der Waals surface area contributed by atoms with Gasteiger partial charge < -0.3 is 5.43 Å². The number of aromatic nitrogens is 1. The number of nitrogens with one attached hydrogen (secondary N) is 1. The van der Waals surface area contributed by atoms with E-state index in [1.165, 1.54) is 6.07 Å². The number of fused-ring (bicyclic) bond motifs is 1. The molecule has 1 heterocycles. The molecule has 15 heavy (non-hydrogen) atoms. The minimum Gasteiger partial charge on any atom is -0.308 e. The molecule has 1 aromatic carbocycles. The van der Waals surface area contributed by atoms with Crippen molar-refractivity contribution in [2.24, 2.45) is 5.84 Å². The number of anilines is 1. The van der Waals surface area contributed by atoms with Gasteiger partial charge in [-0.3, -0.25) is 10.1 Å². The normalized spacial score (nSPS) is 10.2. The molecule has 0 saturated heterocycles. The van der Waals surface area contributed by atoms with Gasteiger partial charge in [0.1, 0.15) is 5.82 Å². The number of hydrazine groups is 1. The van der Waals surface area contributed by atoms with E-state index in [0.29, 0.717) is 10.9 Å². The Morgan fingerprint density at radius 2 is 2.13 bits per heavy atom. The fourth-order valence-electron chi connectivity index (χ4n) is 1.38. The fraction of sp³-hybridized carbons (Fsp3) is 0. The van der Waals surface area contributed by atoms with Gasteiger partial charge in [-0.25, -0.2) is 10.8 Å². The summed E-state index contributed by atoms with van der Waals surface area (Å²) >= 11 is 0. The smallest absolute Gasteiger partial charge is 0.282 e. The summed E-state index contributed by atoms with van der Waals surface area (Å²) in [6.45, 7) is 0. The average molecular weight is 204 g/mol. The highest BCUT2D eigenvalue weighted by Gasteiger charge is 2.13. The Morgan fingerprint density at radius 1 is 1.40 bits per heavy atom. The largest absolute Gasteiger partial charge is 0.308 e. The van der Waals surface area contributed by atoms with Crippen molar-refractivity contribution in [1.82, 2.24) is 4.98 Å². The van der Waals surface area contributed by atoms with Gasteiger partial charge in [0.2, 0.25) is 0 Å². The number of nitrogens with two attached hydrogens (primary N) is 1. The third-order valence-corrected chi connectivity index (χ3v) is 2.04. The van der Waals surface area contributed by atoms with Gasteiger partial charge in [0.15, 0.2) is 0 Å². The SMILES string of the molecule is NNc1cc([N+](=O)[O-])c2ccccc2n1. The van der Waals surface area contributed by atoms with Crippen LogP contribution in [0.4, 0.5) is 11.5 Å². The van der Waals surface area contributed by atoms with Crippen LogP contribution < -0.4 is 11.3 Å². The van der Waals surface area contributed by atoms with Gasteiger partial charge in [-0.15, -0.1) is 0 Å². The van der Waals surface area contributed by atoms with E-state index in [1.807, 2.05) is 0 Å². The van der Waals surface area contributed by atoms with Crippen LogP contribution in [0.1, 0.15) is 0 Å². The second kappa shape index (κ2) is 3.50. The van der Waals surface area contributed by atoms with E-state index in [1.54, 1.807) is 24.3 Å². The van der Waals surface area contributed by atoms with Crippen molar-refractivity contribution in [1.29, 1.82) is 0 Å². The summed E-state index contributed by atoms with van der Waals surface area (Å²) in [5.74, 6) is 5.45. The highest BCUT2D eigenvalue weighted by atomic mass is 16.6. The highest BCUT2D eigenvalue weighted by Crippen LogP contribution is 2.26. The molecule has 0 atom stereocenters. The van der Waals surface area contributed by atoms with Gasteiger partial charge in [0.25, 0.3) is 5.69 Å². The Balaban J connectivity index is 2.80. The van der Waals surface area contributed by atoms with E-state index in [-0.39, 0.29) is 11.5 Å². The van der Waals surface area contributed by atoms with Crippen LogP contribution >= 0.6 is 0 Å². The Bertz CT molecular complexity index is 527. The van der Waals surface area contributed by atoms with E-state index < -0.39 is 4.92 Å². The number of benzene rings is 1. The third kappa shape index (κ3) is 1.57. The zero-order valence-electron chi connectivity index (χ0n) is 7.68. The molecule has 6 heteroatoms. The number of nitrogen functional groups attached to an aromatic ring is 1. The lowest BCUT2D eigenvalue weighted by Crippen LogP contribution is -2.09. The van der Waals surface area contributed by atoms with E-state index in [9.17, 15) is 10.1 Å². The van der Waals surface area contributed by atoms with Crippen LogP contribution in [0.15, 0.2) is 30.3 Å². The second-order valence-electron chi connectivity index (χ2n) is 2.95. The van der Waals surface area contributed by atoms with Gasteiger partial charge in [-0.05, 0) is 12.1 Å². The molecular weight excluding hydrogens is 196 g/mol. The topological polar surface area (TPSA) is 94.1 Å². The predicted molar refractivity (Wildman–Crippen MR) is 56.2 cm³/mol. The predicted octanol–water partition coefficient (Wildman–Crippen LogP) is 1.43. The first kappa shape index (κ1) is 9.35. The summed E-state index contributed by atoms with van der Waals surface area (Å²) in [7, 11) is 0. The summed E-state index contributed by atoms with van der Waals surface area (Å²) in [5.41, 5.74) is 2.83. The summed E-state index contributed by atoms with van der Waals surface area (Å²) in [5, 5.41) is 11.3. The molecule has 6 nitrogen and oxygen atoms in total. The number of hydrogen-bond acceptors (Lipinski definition) is 5. The quantitative estimate of drug-likeness (QED) is 0.438. The van der Waals surface area contributed by atoms with Crippen molar-refractivity contribution >= 4 is 22.4 Å². The molecule has 2 rings (SSSR count). The molecule has 0 spiro atoms. The number of pyridine rings is 1. The molecule has 0 fully saturated rings. The first-order chi connectivity index (χ1) is 7.22. The van der Waals surface area contributed by atoms with Crippen LogP contribution in [-0.4, -0.2) is 9.91 Å². The maximum atomic E-state index is 10.8. The van der Waals surface area contributed by atoms with Crippen molar-refractivity contribution < 1.29 is 4.92 Å².